The molecule has 0 saturated heterocycles. The third kappa shape index (κ3) is 5.92. The SMILES string of the molecule is C=C(CCCNC(C)C)C(=O)O. The van der Waals surface area contributed by atoms with Crippen molar-refractivity contribution in [1.82, 2.24) is 5.32 Å². The van der Waals surface area contributed by atoms with Gasteiger partial charge in [-0.05, 0) is 19.4 Å². The van der Waals surface area contributed by atoms with Crippen LogP contribution in [0.2, 0.25) is 0 Å². The molecule has 0 aromatic carbocycles. The van der Waals surface area contributed by atoms with Crippen LogP contribution in [-0.2, 0) is 4.79 Å². The average molecular weight is 171 g/mol. The molecule has 3 heteroatoms. The topological polar surface area (TPSA) is 49.3 Å². The lowest BCUT2D eigenvalue weighted by Crippen LogP contribution is -2.23. The van der Waals surface area contributed by atoms with E-state index < -0.39 is 5.97 Å². The molecule has 0 aromatic rings. The largest absolute Gasteiger partial charge is 0.478 e. The summed E-state index contributed by atoms with van der Waals surface area (Å²) in [6.45, 7) is 8.42. The Morgan fingerprint density at radius 2 is 2.17 bits per heavy atom. The molecule has 0 atom stereocenters. The molecular weight excluding hydrogens is 154 g/mol. The average Bonchev–Trinajstić information content (AvgIpc) is 1.97. The van der Waals surface area contributed by atoms with Gasteiger partial charge in [0.2, 0.25) is 0 Å². The number of nitrogens with one attached hydrogen (secondary N) is 1. The van der Waals surface area contributed by atoms with Gasteiger partial charge in [0, 0.05) is 11.6 Å². The highest BCUT2D eigenvalue weighted by atomic mass is 16.4. The molecule has 0 amide bonds. The zero-order chi connectivity index (χ0) is 9.56. The maximum Gasteiger partial charge on any atom is 0.330 e. The number of carboxylic acids is 1. The first kappa shape index (κ1) is 11.2. The molecule has 70 valence electrons. The quantitative estimate of drug-likeness (QED) is 0.469. The van der Waals surface area contributed by atoms with Crippen molar-refractivity contribution < 1.29 is 9.90 Å². The predicted molar refractivity (Wildman–Crippen MR) is 49.1 cm³/mol. The summed E-state index contributed by atoms with van der Waals surface area (Å²) in [5.74, 6) is -0.889. The van der Waals surface area contributed by atoms with Crippen LogP contribution in [0.15, 0.2) is 12.2 Å². The van der Waals surface area contributed by atoms with Gasteiger partial charge in [0.25, 0.3) is 0 Å². The second-order valence-corrected chi connectivity index (χ2v) is 3.12. The van der Waals surface area contributed by atoms with Crippen LogP contribution in [0.5, 0.6) is 0 Å². The highest BCUT2D eigenvalue weighted by Gasteiger charge is 2.02. The third-order valence-corrected chi connectivity index (χ3v) is 1.51. The van der Waals surface area contributed by atoms with Crippen LogP contribution < -0.4 is 5.32 Å². The van der Waals surface area contributed by atoms with E-state index in [0.29, 0.717) is 18.0 Å². The van der Waals surface area contributed by atoms with E-state index in [-0.39, 0.29) is 0 Å². The molecule has 0 rings (SSSR count). The Hall–Kier alpha value is -0.830. The zero-order valence-electron chi connectivity index (χ0n) is 7.76. The minimum atomic E-state index is -0.889. The molecule has 0 aliphatic heterocycles. The molecule has 3 nitrogen and oxygen atoms in total. The molecule has 0 heterocycles. The number of hydrogen-bond donors (Lipinski definition) is 2. The number of hydrogen-bond acceptors (Lipinski definition) is 2. The fourth-order valence-corrected chi connectivity index (χ4v) is 0.799. The summed E-state index contributed by atoms with van der Waals surface area (Å²) in [7, 11) is 0. The van der Waals surface area contributed by atoms with E-state index >= 15 is 0 Å². The van der Waals surface area contributed by atoms with Gasteiger partial charge in [0.05, 0.1) is 0 Å². The standard InChI is InChI=1S/C9H17NO2/c1-7(2)10-6-4-5-8(3)9(11)12/h7,10H,3-6H2,1-2H3,(H,11,12). The van der Waals surface area contributed by atoms with Gasteiger partial charge < -0.3 is 10.4 Å². The molecule has 12 heavy (non-hydrogen) atoms. The van der Waals surface area contributed by atoms with Crippen LogP contribution in [-0.4, -0.2) is 23.7 Å². The van der Waals surface area contributed by atoms with Crippen molar-refractivity contribution in [2.75, 3.05) is 6.54 Å². The Morgan fingerprint density at radius 1 is 1.58 bits per heavy atom. The normalized spacial score (nSPS) is 10.2. The zero-order valence-corrected chi connectivity index (χ0v) is 7.76. The van der Waals surface area contributed by atoms with Crippen LogP contribution in [0.25, 0.3) is 0 Å². The van der Waals surface area contributed by atoms with Crippen molar-refractivity contribution in [2.24, 2.45) is 0 Å². The van der Waals surface area contributed by atoms with Crippen LogP contribution in [0.1, 0.15) is 26.7 Å². The van der Waals surface area contributed by atoms with Crippen molar-refractivity contribution in [1.29, 1.82) is 0 Å². The molecule has 0 bridgehead atoms. The van der Waals surface area contributed by atoms with Crippen molar-refractivity contribution in [3.8, 4) is 0 Å². The summed E-state index contributed by atoms with van der Waals surface area (Å²) in [4.78, 5) is 10.3. The summed E-state index contributed by atoms with van der Waals surface area (Å²) in [5.41, 5.74) is 0.292. The Balaban J connectivity index is 3.32. The van der Waals surface area contributed by atoms with Gasteiger partial charge in [-0.3, -0.25) is 0 Å². The lowest BCUT2D eigenvalue weighted by molar-refractivity contribution is -0.132. The fourth-order valence-electron chi connectivity index (χ4n) is 0.799. The van der Waals surface area contributed by atoms with E-state index in [4.69, 9.17) is 5.11 Å². The molecule has 0 aliphatic rings. The minimum Gasteiger partial charge on any atom is -0.478 e. The van der Waals surface area contributed by atoms with E-state index in [1.165, 1.54) is 0 Å². The van der Waals surface area contributed by atoms with E-state index in [9.17, 15) is 4.79 Å². The Kier molecular flexibility index (Phi) is 5.37. The van der Waals surface area contributed by atoms with Gasteiger partial charge in [0.15, 0.2) is 0 Å². The fraction of sp³-hybridized carbons (Fsp3) is 0.667. The van der Waals surface area contributed by atoms with Crippen LogP contribution in [0.4, 0.5) is 0 Å². The van der Waals surface area contributed by atoms with E-state index in [1.54, 1.807) is 0 Å². The van der Waals surface area contributed by atoms with Gasteiger partial charge in [-0.25, -0.2) is 4.79 Å². The van der Waals surface area contributed by atoms with Crippen LogP contribution >= 0.6 is 0 Å². The third-order valence-electron chi connectivity index (χ3n) is 1.51. The highest BCUT2D eigenvalue weighted by molar-refractivity contribution is 5.85. The van der Waals surface area contributed by atoms with E-state index in [2.05, 4.69) is 25.7 Å². The smallest absolute Gasteiger partial charge is 0.330 e. The van der Waals surface area contributed by atoms with Gasteiger partial charge in [-0.2, -0.15) is 0 Å². The second kappa shape index (κ2) is 5.77. The second-order valence-electron chi connectivity index (χ2n) is 3.12. The molecule has 0 fully saturated rings. The van der Waals surface area contributed by atoms with E-state index in [0.717, 1.165) is 13.0 Å². The molecule has 0 aliphatic carbocycles. The number of carboxylic acid groups (broad SMARTS) is 1. The lowest BCUT2D eigenvalue weighted by atomic mass is 10.1. The van der Waals surface area contributed by atoms with Crippen molar-refractivity contribution in [3.05, 3.63) is 12.2 Å². The molecule has 2 N–H and O–H groups in total. The monoisotopic (exact) mass is 171 g/mol. The first-order chi connectivity index (χ1) is 5.54. The molecule has 0 saturated carbocycles. The summed E-state index contributed by atoms with van der Waals surface area (Å²) < 4.78 is 0. The summed E-state index contributed by atoms with van der Waals surface area (Å²) in [6, 6.07) is 0.461. The first-order valence-electron chi connectivity index (χ1n) is 4.18. The summed E-state index contributed by atoms with van der Waals surface area (Å²) in [6.07, 6.45) is 1.40. The minimum absolute atomic E-state index is 0.292. The maximum atomic E-state index is 10.3. The van der Waals surface area contributed by atoms with Gasteiger partial charge >= 0.3 is 5.97 Å². The summed E-state index contributed by atoms with van der Waals surface area (Å²) >= 11 is 0. The van der Waals surface area contributed by atoms with Crippen molar-refractivity contribution in [2.45, 2.75) is 32.7 Å². The van der Waals surface area contributed by atoms with Gasteiger partial charge in [-0.1, -0.05) is 20.4 Å². The van der Waals surface area contributed by atoms with Gasteiger partial charge in [0.1, 0.15) is 0 Å². The van der Waals surface area contributed by atoms with E-state index in [1.807, 2.05) is 0 Å². The Labute approximate surface area is 73.5 Å². The Bertz CT molecular complexity index is 164. The summed E-state index contributed by atoms with van der Waals surface area (Å²) in [5, 5.41) is 11.7. The first-order valence-corrected chi connectivity index (χ1v) is 4.18. The molecule has 0 radical (unpaired) electrons. The molecular formula is C9H17NO2. The van der Waals surface area contributed by atoms with Crippen molar-refractivity contribution >= 4 is 5.97 Å². The van der Waals surface area contributed by atoms with Crippen molar-refractivity contribution in [3.63, 3.8) is 0 Å². The van der Waals surface area contributed by atoms with Crippen LogP contribution in [0, 0.1) is 0 Å². The molecule has 0 spiro atoms. The Morgan fingerprint density at radius 3 is 2.58 bits per heavy atom. The lowest BCUT2D eigenvalue weighted by Gasteiger charge is -2.06. The predicted octanol–water partition coefficient (Wildman–Crippen LogP) is 1.41. The number of carbonyl (C=O) groups is 1. The maximum absolute atomic E-state index is 10.3. The molecule has 0 aromatic heterocycles. The molecule has 0 unspecified atom stereocenters. The highest BCUT2D eigenvalue weighted by Crippen LogP contribution is 2.00. The number of rotatable bonds is 6. The van der Waals surface area contributed by atoms with Gasteiger partial charge in [-0.15, -0.1) is 0 Å². The van der Waals surface area contributed by atoms with Crippen LogP contribution in [0.3, 0.4) is 0 Å². The number of aliphatic carboxylic acids is 1.